The first-order chi connectivity index (χ1) is 9.06. The number of anilines is 1. The second-order valence-electron chi connectivity index (χ2n) is 4.65. The second kappa shape index (κ2) is 5.52. The molecule has 0 radical (unpaired) electrons. The molecule has 0 fully saturated rings. The van der Waals surface area contributed by atoms with Gasteiger partial charge in [0.1, 0.15) is 0 Å². The van der Waals surface area contributed by atoms with Crippen LogP contribution < -0.4 is 5.73 Å². The molecule has 2 N–H and O–H groups in total. The van der Waals surface area contributed by atoms with Gasteiger partial charge in [-0.3, -0.25) is 9.78 Å². The van der Waals surface area contributed by atoms with Gasteiger partial charge in [0.05, 0.1) is 0 Å². The summed E-state index contributed by atoms with van der Waals surface area (Å²) in [6.45, 7) is 2.48. The first-order valence-corrected chi connectivity index (χ1v) is 6.08. The Morgan fingerprint density at radius 3 is 2.58 bits per heavy atom. The van der Waals surface area contributed by atoms with E-state index in [0.29, 0.717) is 17.8 Å². The van der Waals surface area contributed by atoms with E-state index in [2.05, 4.69) is 4.98 Å². The number of pyridine rings is 1. The van der Waals surface area contributed by atoms with E-state index >= 15 is 0 Å². The van der Waals surface area contributed by atoms with Crippen LogP contribution in [-0.2, 0) is 6.54 Å². The van der Waals surface area contributed by atoms with Gasteiger partial charge < -0.3 is 10.6 Å². The van der Waals surface area contributed by atoms with Gasteiger partial charge >= 0.3 is 0 Å². The summed E-state index contributed by atoms with van der Waals surface area (Å²) in [6.07, 6.45) is 3.44. The molecule has 1 amide bonds. The third-order valence-electron chi connectivity index (χ3n) is 2.86. The van der Waals surface area contributed by atoms with Crippen molar-refractivity contribution < 1.29 is 4.79 Å². The monoisotopic (exact) mass is 255 g/mol. The molecule has 98 valence electrons. The fourth-order valence-electron chi connectivity index (χ4n) is 1.99. The summed E-state index contributed by atoms with van der Waals surface area (Å²) >= 11 is 0. The fraction of sp³-hybridized carbons (Fsp3) is 0.200. The highest BCUT2D eigenvalue weighted by molar-refractivity contribution is 5.95. The Kier molecular flexibility index (Phi) is 3.80. The summed E-state index contributed by atoms with van der Waals surface area (Å²) < 4.78 is 0. The van der Waals surface area contributed by atoms with E-state index in [4.69, 9.17) is 5.73 Å². The van der Waals surface area contributed by atoms with Crippen LogP contribution in [0.15, 0.2) is 42.7 Å². The number of nitrogens with zero attached hydrogens (tertiary/aromatic N) is 2. The van der Waals surface area contributed by atoms with Gasteiger partial charge in [0.2, 0.25) is 0 Å². The van der Waals surface area contributed by atoms with E-state index in [0.717, 1.165) is 11.1 Å². The zero-order chi connectivity index (χ0) is 13.8. The van der Waals surface area contributed by atoms with Gasteiger partial charge in [0, 0.05) is 37.2 Å². The van der Waals surface area contributed by atoms with Crippen LogP contribution in [0.4, 0.5) is 5.69 Å². The van der Waals surface area contributed by atoms with Gasteiger partial charge in [-0.1, -0.05) is 0 Å². The van der Waals surface area contributed by atoms with Gasteiger partial charge in [-0.2, -0.15) is 0 Å². The van der Waals surface area contributed by atoms with Crippen LogP contribution in [0.1, 0.15) is 21.5 Å². The lowest BCUT2D eigenvalue weighted by Gasteiger charge is -2.17. The van der Waals surface area contributed by atoms with Crippen LogP contribution in [0.2, 0.25) is 0 Å². The Morgan fingerprint density at radius 1 is 1.26 bits per heavy atom. The lowest BCUT2D eigenvalue weighted by Crippen LogP contribution is -2.26. The number of aromatic nitrogens is 1. The molecule has 2 aromatic rings. The fourth-order valence-corrected chi connectivity index (χ4v) is 1.99. The summed E-state index contributed by atoms with van der Waals surface area (Å²) in [6, 6.07) is 9.20. The number of amides is 1. The maximum Gasteiger partial charge on any atom is 0.253 e. The molecule has 0 aliphatic rings. The molecule has 0 saturated heterocycles. The van der Waals surface area contributed by atoms with E-state index < -0.39 is 0 Å². The normalized spacial score (nSPS) is 10.2. The minimum atomic E-state index is -0.0350. The van der Waals surface area contributed by atoms with Crippen molar-refractivity contribution in [2.24, 2.45) is 0 Å². The predicted molar refractivity (Wildman–Crippen MR) is 75.6 cm³/mol. The van der Waals surface area contributed by atoms with Gasteiger partial charge in [0.15, 0.2) is 0 Å². The van der Waals surface area contributed by atoms with Crippen molar-refractivity contribution >= 4 is 11.6 Å². The largest absolute Gasteiger partial charge is 0.399 e. The van der Waals surface area contributed by atoms with Gasteiger partial charge in [-0.25, -0.2) is 0 Å². The van der Waals surface area contributed by atoms with Crippen molar-refractivity contribution in [3.63, 3.8) is 0 Å². The Hall–Kier alpha value is -2.36. The van der Waals surface area contributed by atoms with E-state index in [1.165, 1.54) is 0 Å². The minimum Gasteiger partial charge on any atom is -0.399 e. The molecule has 1 aromatic heterocycles. The molecule has 0 bridgehead atoms. The molecule has 0 saturated carbocycles. The minimum absolute atomic E-state index is 0.0350. The number of nitrogen functional groups attached to an aromatic ring is 1. The first-order valence-electron chi connectivity index (χ1n) is 6.08. The first kappa shape index (κ1) is 13.1. The molecule has 1 heterocycles. The number of nitrogens with two attached hydrogens (primary N) is 1. The lowest BCUT2D eigenvalue weighted by atomic mass is 10.1. The molecule has 0 aliphatic heterocycles. The molecular formula is C15H17N3O. The predicted octanol–water partition coefficient (Wildman–Crippen LogP) is 2.24. The SMILES string of the molecule is Cc1cc(N)cc(C(=O)N(C)Cc2ccncc2)c1. The Morgan fingerprint density at radius 2 is 1.95 bits per heavy atom. The molecule has 2 rings (SSSR count). The number of hydrogen-bond acceptors (Lipinski definition) is 3. The van der Waals surface area contributed by atoms with Crippen LogP contribution in [0.3, 0.4) is 0 Å². The number of carbonyl (C=O) groups is 1. The third kappa shape index (κ3) is 3.31. The molecule has 4 heteroatoms. The molecule has 19 heavy (non-hydrogen) atoms. The van der Waals surface area contributed by atoms with Gasteiger partial charge in [-0.15, -0.1) is 0 Å². The average molecular weight is 255 g/mol. The average Bonchev–Trinajstić information content (AvgIpc) is 2.37. The Bertz CT molecular complexity index is 561. The molecular weight excluding hydrogens is 238 g/mol. The van der Waals surface area contributed by atoms with Crippen molar-refractivity contribution in [3.8, 4) is 0 Å². The van der Waals surface area contributed by atoms with Crippen LogP contribution in [0, 0.1) is 6.92 Å². The topological polar surface area (TPSA) is 59.2 Å². The van der Waals surface area contributed by atoms with Gasteiger partial charge in [-0.05, 0) is 48.4 Å². The number of carbonyl (C=O) groups excluding carboxylic acids is 1. The molecule has 0 unspecified atom stereocenters. The van der Waals surface area contributed by atoms with Crippen LogP contribution >= 0.6 is 0 Å². The zero-order valence-electron chi connectivity index (χ0n) is 11.1. The molecule has 0 atom stereocenters. The maximum absolute atomic E-state index is 12.3. The third-order valence-corrected chi connectivity index (χ3v) is 2.86. The lowest BCUT2D eigenvalue weighted by molar-refractivity contribution is 0.0785. The van der Waals surface area contributed by atoms with E-state index in [1.54, 1.807) is 30.4 Å². The van der Waals surface area contributed by atoms with Crippen LogP contribution in [-0.4, -0.2) is 22.8 Å². The van der Waals surface area contributed by atoms with Crippen molar-refractivity contribution in [2.75, 3.05) is 12.8 Å². The Labute approximate surface area is 112 Å². The summed E-state index contributed by atoms with van der Waals surface area (Å²) in [5.74, 6) is -0.0350. The van der Waals surface area contributed by atoms with E-state index in [-0.39, 0.29) is 5.91 Å². The second-order valence-corrected chi connectivity index (χ2v) is 4.65. The zero-order valence-corrected chi connectivity index (χ0v) is 11.1. The summed E-state index contributed by atoms with van der Waals surface area (Å²) in [4.78, 5) is 17.9. The molecule has 4 nitrogen and oxygen atoms in total. The number of hydrogen-bond donors (Lipinski definition) is 1. The maximum atomic E-state index is 12.3. The Balaban J connectivity index is 2.15. The standard InChI is InChI=1S/C15H17N3O/c1-11-7-13(9-14(16)8-11)15(19)18(2)10-12-3-5-17-6-4-12/h3-9H,10,16H2,1-2H3. The summed E-state index contributed by atoms with van der Waals surface area (Å²) in [5, 5.41) is 0. The highest BCUT2D eigenvalue weighted by Gasteiger charge is 2.12. The van der Waals surface area contributed by atoms with Crippen molar-refractivity contribution in [2.45, 2.75) is 13.5 Å². The van der Waals surface area contributed by atoms with E-state index in [9.17, 15) is 4.79 Å². The van der Waals surface area contributed by atoms with Gasteiger partial charge in [0.25, 0.3) is 5.91 Å². The summed E-state index contributed by atoms with van der Waals surface area (Å²) in [5.41, 5.74) is 9.04. The van der Waals surface area contributed by atoms with Crippen molar-refractivity contribution in [1.29, 1.82) is 0 Å². The summed E-state index contributed by atoms with van der Waals surface area (Å²) in [7, 11) is 1.78. The number of benzene rings is 1. The van der Waals surface area contributed by atoms with Crippen molar-refractivity contribution in [1.82, 2.24) is 9.88 Å². The highest BCUT2D eigenvalue weighted by Crippen LogP contribution is 2.14. The van der Waals surface area contributed by atoms with Crippen LogP contribution in [0.25, 0.3) is 0 Å². The quantitative estimate of drug-likeness (QED) is 0.856. The van der Waals surface area contributed by atoms with E-state index in [1.807, 2.05) is 31.2 Å². The number of aryl methyl sites for hydroxylation is 1. The molecule has 0 spiro atoms. The molecule has 1 aromatic carbocycles. The highest BCUT2D eigenvalue weighted by atomic mass is 16.2. The van der Waals surface area contributed by atoms with Crippen molar-refractivity contribution in [3.05, 3.63) is 59.4 Å². The van der Waals surface area contributed by atoms with Crippen LogP contribution in [0.5, 0.6) is 0 Å². The number of rotatable bonds is 3. The smallest absolute Gasteiger partial charge is 0.253 e. The molecule has 0 aliphatic carbocycles.